The third kappa shape index (κ3) is 4.47. The van der Waals surface area contributed by atoms with E-state index in [0.717, 1.165) is 80.7 Å². The van der Waals surface area contributed by atoms with Crippen LogP contribution in [0, 0.1) is 11.3 Å². The number of nitrogens with zero attached hydrogens (tertiary/aromatic N) is 3. The molecule has 0 spiro atoms. The van der Waals surface area contributed by atoms with Gasteiger partial charge in [0, 0.05) is 44.4 Å². The predicted molar refractivity (Wildman–Crippen MR) is 121 cm³/mol. The van der Waals surface area contributed by atoms with Gasteiger partial charge in [-0.1, -0.05) is 13.8 Å². The van der Waals surface area contributed by atoms with E-state index in [2.05, 4.69) is 46.2 Å². The van der Waals surface area contributed by atoms with E-state index in [1.807, 2.05) is 6.20 Å². The molecule has 3 fully saturated rings. The Bertz CT molecular complexity index is 955. The average molecular weight is 427 g/mol. The molecule has 31 heavy (non-hydrogen) atoms. The van der Waals surface area contributed by atoms with Gasteiger partial charge in [0.25, 0.3) is 0 Å². The van der Waals surface area contributed by atoms with Gasteiger partial charge in [-0.25, -0.2) is 9.97 Å². The highest BCUT2D eigenvalue weighted by molar-refractivity contribution is 5.88. The molecule has 7 heteroatoms. The van der Waals surface area contributed by atoms with Crippen LogP contribution in [0.2, 0.25) is 0 Å². The summed E-state index contributed by atoms with van der Waals surface area (Å²) in [6.07, 6.45) is 8.38. The van der Waals surface area contributed by atoms with Gasteiger partial charge in [-0.3, -0.25) is 4.79 Å². The van der Waals surface area contributed by atoms with Crippen LogP contribution in [-0.2, 0) is 9.53 Å². The third-order valence-corrected chi connectivity index (χ3v) is 7.09. The predicted octanol–water partition coefficient (Wildman–Crippen LogP) is 3.56. The van der Waals surface area contributed by atoms with Crippen LogP contribution in [0.15, 0.2) is 24.7 Å². The summed E-state index contributed by atoms with van der Waals surface area (Å²) in [6, 6.07) is 4.50. The summed E-state index contributed by atoms with van der Waals surface area (Å²) >= 11 is 0. The van der Waals surface area contributed by atoms with Crippen LogP contribution in [-0.4, -0.2) is 54.3 Å². The SMILES string of the molecule is CC1(C)CC1C(=O)NC1CCC(Oc2cc(N3CCOCC3)cc3ncncc23)CC1.[HH]. The Labute approximate surface area is 185 Å². The van der Waals surface area contributed by atoms with Gasteiger partial charge in [-0.2, -0.15) is 0 Å². The zero-order valence-corrected chi connectivity index (χ0v) is 18.5. The Morgan fingerprint density at radius 1 is 1.23 bits per heavy atom. The van der Waals surface area contributed by atoms with Crippen LogP contribution in [0.5, 0.6) is 5.75 Å². The van der Waals surface area contributed by atoms with E-state index in [-0.39, 0.29) is 30.8 Å². The smallest absolute Gasteiger partial charge is 0.223 e. The molecular formula is C24H34N4O3. The van der Waals surface area contributed by atoms with Gasteiger partial charge in [0.05, 0.1) is 30.2 Å². The van der Waals surface area contributed by atoms with Crippen LogP contribution in [0.1, 0.15) is 47.4 Å². The van der Waals surface area contributed by atoms with Gasteiger partial charge >= 0.3 is 0 Å². The van der Waals surface area contributed by atoms with Crippen molar-refractivity contribution in [3.05, 3.63) is 24.7 Å². The number of hydrogen-bond donors (Lipinski definition) is 1. The number of morpholine rings is 1. The molecule has 5 rings (SSSR count). The lowest BCUT2D eigenvalue weighted by Crippen LogP contribution is -2.41. The molecule has 1 aliphatic heterocycles. The highest BCUT2D eigenvalue weighted by Gasteiger charge is 2.50. The van der Waals surface area contributed by atoms with Crippen molar-refractivity contribution < 1.29 is 15.7 Å². The molecule has 1 amide bonds. The number of amides is 1. The maximum absolute atomic E-state index is 12.4. The summed E-state index contributed by atoms with van der Waals surface area (Å²) < 4.78 is 12.0. The number of hydrogen-bond acceptors (Lipinski definition) is 6. The molecule has 3 aliphatic rings. The molecule has 1 atom stereocenters. The van der Waals surface area contributed by atoms with Crippen molar-refractivity contribution in [3.63, 3.8) is 0 Å². The lowest BCUT2D eigenvalue weighted by Gasteiger charge is -2.31. The first-order valence-corrected chi connectivity index (χ1v) is 11.5. The maximum atomic E-state index is 12.4. The van der Waals surface area contributed by atoms with Crippen molar-refractivity contribution in [2.45, 2.75) is 58.1 Å². The average Bonchev–Trinajstić information content (AvgIpc) is 3.44. The van der Waals surface area contributed by atoms with Crippen molar-refractivity contribution in [3.8, 4) is 5.75 Å². The third-order valence-electron chi connectivity index (χ3n) is 7.09. The number of aromatic nitrogens is 2. The minimum Gasteiger partial charge on any atom is -0.490 e. The number of benzene rings is 1. The highest BCUT2D eigenvalue weighted by Crippen LogP contribution is 2.51. The Morgan fingerprint density at radius 3 is 2.68 bits per heavy atom. The molecule has 2 heterocycles. The van der Waals surface area contributed by atoms with Crippen LogP contribution < -0.4 is 15.0 Å². The van der Waals surface area contributed by atoms with Crippen molar-refractivity contribution in [1.29, 1.82) is 0 Å². The molecule has 2 saturated carbocycles. The minimum atomic E-state index is 0. The molecule has 1 unspecified atom stereocenters. The zero-order valence-electron chi connectivity index (χ0n) is 18.5. The first-order chi connectivity index (χ1) is 15.0. The van der Waals surface area contributed by atoms with Crippen molar-refractivity contribution >= 4 is 22.5 Å². The van der Waals surface area contributed by atoms with Gasteiger partial charge in [0.1, 0.15) is 12.1 Å². The minimum absolute atomic E-state index is 0. The standard InChI is InChI=1S/C24H32N4O3.H2/c1-24(2)13-20(24)23(29)27-16-3-5-18(6-4-16)31-22-12-17(28-7-9-30-10-8-28)11-21-19(22)14-25-15-26-21;/h11-12,14-16,18,20H,3-10,13H2,1-2H3,(H,27,29);1H. The first-order valence-electron chi connectivity index (χ1n) is 11.5. The molecule has 168 valence electrons. The van der Waals surface area contributed by atoms with Crippen LogP contribution in [0.3, 0.4) is 0 Å². The largest absolute Gasteiger partial charge is 0.490 e. The fourth-order valence-electron chi connectivity index (χ4n) is 4.86. The first kappa shape index (κ1) is 20.5. The Hall–Kier alpha value is -2.41. The molecule has 0 bridgehead atoms. The van der Waals surface area contributed by atoms with Crippen LogP contribution in [0.4, 0.5) is 5.69 Å². The lowest BCUT2D eigenvalue weighted by atomic mass is 9.92. The second-order valence-corrected chi connectivity index (χ2v) is 9.84. The van der Waals surface area contributed by atoms with Crippen molar-refractivity contribution in [2.24, 2.45) is 11.3 Å². The number of ether oxygens (including phenoxy) is 2. The van der Waals surface area contributed by atoms with E-state index in [1.54, 1.807) is 6.33 Å². The van der Waals surface area contributed by atoms with Gasteiger partial charge in [-0.05, 0) is 43.6 Å². The van der Waals surface area contributed by atoms with E-state index >= 15 is 0 Å². The molecule has 2 aromatic rings. The van der Waals surface area contributed by atoms with Gasteiger partial charge < -0.3 is 19.7 Å². The lowest BCUT2D eigenvalue weighted by molar-refractivity contribution is -0.124. The molecule has 7 nitrogen and oxygen atoms in total. The molecule has 1 aromatic heterocycles. The summed E-state index contributed by atoms with van der Waals surface area (Å²) in [5.41, 5.74) is 2.21. The highest BCUT2D eigenvalue weighted by atomic mass is 16.5. The van der Waals surface area contributed by atoms with E-state index in [9.17, 15) is 4.79 Å². The monoisotopic (exact) mass is 426 g/mol. The Kier molecular flexibility index (Phi) is 5.46. The van der Waals surface area contributed by atoms with E-state index in [1.165, 1.54) is 0 Å². The summed E-state index contributed by atoms with van der Waals surface area (Å²) in [4.78, 5) is 23.4. The fourth-order valence-corrected chi connectivity index (χ4v) is 4.86. The zero-order chi connectivity index (χ0) is 21.4. The summed E-state index contributed by atoms with van der Waals surface area (Å²) in [5.74, 6) is 1.28. The topological polar surface area (TPSA) is 76.6 Å². The number of anilines is 1. The number of nitrogens with one attached hydrogen (secondary N) is 1. The van der Waals surface area contributed by atoms with Crippen LogP contribution in [0.25, 0.3) is 10.9 Å². The molecular weight excluding hydrogens is 392 g/mol. The van der Waals surface area contributed by atoms with Gasteiger partial charge in [0.2, 0.25) is 5.91 Å². The number of carbonyl (C=O) groups excluding carboxylic acids is 1. The molecule has 1 saturated heterocycles. The van der Waals surface area contributed by atoms with E-state index in [4.69, 9.17) is 9.47 Å². The Morgan fingerprint density at radius 2 is 1.97 bits per heavy atom. The van der Waals surface area contributed by atoms with Crippen LogP contribution >= 0.6 is 0 Å². The van der Waals surface area contributed by atoms with Crippen molar-refractivity contribution in [2.75, 3.05) is 31.2 Å². The van der Waals surface area contributed by atoms with E-state index < -0.39 is 0 Å². The summed E-state index contributed by atoms with van der Waals surface area (Å²) in [7, 11) is 0. The summed E-state index contributed by atoms with van der Waals surface area (Å²) in [6.45, 7) is 7.57. The number of carbonyl (C=O) groups is 1. The quantitative estimate of drug-likeness (QED) is 0.788. The van der Waals surface area contributed by atoms with Crippen molar-refractivity contribution in [1.82, 2.24) is 15.3 Å². The van der Waals surface area contributed by atoms with E-state index in [0.29, 0.717) is 0 Å². The normalized spacial score (nSPS) is 27.7. The molecule has 2 aliphatic carbocycles. The van der Waals surface area contributed by atoms with Gasteiger partial charge in [0.15, 0.2) is 0 Å². The number of fused-ring (bicyclic) bond motifs is 1. The number of rotatable bonds is 5. The second-order valence-electron chi connectivity index (χ2n) is 9.84. The second kappa shape index (κ2) is 8.26. The molecule has 1 N–H and O–H groups in total. The van der Waals surface area contributed by atoms with Gasteiger partial charge in [-0.15, -0.1) is 0 Å². The fraction of sp³-hybridized carbons (Fsp3) is 0.625. The summed E-state index contributed by atoms with van der Waals surface area (Å²) in [5, 5.41) is 4.22. The Balaban J connectivity index is 0.00000245. The molecule has 0 radical (unpaired) electrons. The molecule has 1 aromatic carbocycles. The maximum Gasteiger partial charge on any atom is 0.223 e.